The van der Waals surface area contributed by atoms with Gasteiger partial charge in [0, 0.05) is 18.0 Å². The van der Waals surface area contributed by atoms with Crippen molar-refractivity contribution in [2.45, 2.75) is 77.3 Å². The third kappa shape index (κ3) is 6.96. The summed E-state index contributed by atoms with van der Waals surface area (Å²) in [5.41, 5.74) is 6.27. The first-order chi connectivity index (χ1) is 12.2. The Morgan fingerprint density at radius 3 is 2.38 bits per heavy atom. The van der Waals surface area contributed by atoms with E-state index in [9.17, 15) is 19.5 Å². The Morgan fingerprint density at radius 2 is 1.88 bits per heavy atom. The summed E-state index contributed by atoms with van der Waals surface area (Å²) in [6.07, 6.45) is 4.90. The minimum atomic E-state index is -1.22. The summed E-state index contributed by atoms with van der Waals surface area (Å²) in [6.45, 7) is 5.68. The molecule has 0 spiro atoms. The van der Waals surface area contributed by atoms with Crippen LogP contribution in [0.3, 0.4) is 0 Å². The molecule has 0 saturated heterocycles. The summed E-state index contributed by atoms with van der Waals surface area (Å²) in [4.78, 5) is 39.9. The molecule has 1 fully saturated rings. The standard InChI is InChI=1S/C18H30N4O4/c1-18(2,3)22(17(25)26)11-7-6-10-14(15(23)12-20-19)21-16(24)13-8-4-5-9-13/h12-14,19H,4-11H2,1-3H3,(H-,21,24,25,26)/t14-/m0/s1. The number of nitrogens with one attached hydrogen (secondary N) is 2. The highest BCUT2D eigenvalue weighted by molar-refractivity contribution is 6.28. The number of rotatable bonds is 9. The van der Waals surface area contributed by atoms with E-state index in [1.165, 1.54) is 4.90 Å². The minimum absolute atomic E-state index is 0.0484. The predicted octanol–water partition coefficient (Wildman–Crippen LogP) is 1.15. The molecule has 0 aromatic rings. The van der Waals surface area contributed by atoms with Crippen LogP contribution in [0.1, 0.15) is 65.7 Å². The topological polar surface area (TPSA) is 127 Å². The second-order valence-corrected chi connectivity index (χ2v) is 7.79. The largest absolute Gasteiger partial charge is 0.530 e. The fourth-order valence-corrected chi connectivity index (χ4v) is 3.24. The Kier molecular flexibility index (Phi) is 8.45. The molecule has 0 radical (unpaired) electrons. The molecule has 1 saturated carbocycles. The van der Waals surface area contributed by atoms with E-state index in [4.69, 9.17) is 5.53 Å². The summed E-state index contributed by atoms with van der Waals surface area (Å²) in [7, 11) is 0. The highest BCUT2D eigenvalue weighted by atomic mass is 16.4. The molecule has 8 heteroatoms. The number of carbonyl (C=O) groups excluding carboxylic acids is 3. The van der Waals surface area contributed by atoms with Crippen LogP contribution in [0.4, 0.5) is 4.79 Å². The van der Waals surface area contributed by atoms with Gasteiger partial charge < -0.3 is 20.1 Å². The zero-order valence-electron chi connectivity index (χ0n) is 15.9. The lowest BCUT2D eigenvalue weighted by Crippen LogP contribution is -2.52. The highest BCUT2D eigenvalue weighted by Gasteiger charge is 2.28. The van der Waals surface area contributed by atoms with Gasteiger partial charge in [-0.1, -0.05) is 12.8 Å². The first-order valence-electron chi connectivity index (χ1n) is 9.19. The van der Waals surface area contributed by atoms with Crippen molar-refractivity contribution < 1.29 is 24.3 Å². The van der Waals surface area contributed by atoms with Crippen LogP contribution in [0.5, 0.6) is 0 Å². The smallest absolute Gasteiger partial charge is 0.374 e. The number of nitrogens with zero attached hydrogens (tertiary/aromatic N) is 2. The van der Waals surface area contributed by atoms with E-state index < -0.39 is 23.5 Å². The summed E-state index contributed by atoms with van der Waals surface area (Å²) >= 11 is 0. The maximum atomic E-state index is 12.3. The van der Waals surface area contributed by atoms with E-state index in [0.29, 0.717) is 25.8 Å². The Balaban J connectivity index is 2.57. The van der Waals surface area contributed by atoms with E-state index in [2.05, 4.69) is 10.1 Å². The Labute approximate surface area is 154 Å². The van der Waals surface area contributed by atoms with Crippen LogP contribution < -0.4 is 10.4 Å². The van der Waals surface area contributed by atoms with Gasteiger partial charge in [0.15, 0.2) is 0 Å². The van der Waals surface area contributed by atoms with Crippen molar-refractivity contribution in [3.63, 3.8) is 0 Å². The lowest BCUT2D eigenvalue weighted by molar-refractivity contribution is -0.270. The van der Waals surface area contributed by atoms with Crippen molar-refractivity contribution in [3.05, 3.63) is 0 Å². The van der Waals surface area contributed by atoms with E-state index in [1.54, 1.807) is 20.8 Å². The van der Waals surface area contributed by atoms with Gasteiger partial charge in [-0.25, -0.2) is 0 Å². The van der Waals surface area contributed by atoms with Crippen molar-refractivity contribution in [1.82, 2.24) is 10.2 Å². The van der Waals surface area contributed by atoms with Gasteiger partial charge in [0.05, 0.1) is 16.4 Å². The Morgan fingerprint density at radius 1 is 1.27 bits per heavy atom. The Bertz CT molecular complexity index is 558. The van der Waals surface area contributed by atoms with Crippen LogP contribution in [-0.2, 0) is 9.59 Å². The first-order valence-corrected chi connectivity index (χ1v) is 9.19. The number of hydrogen-bond donors (Lipinski definition) is 2. The van der Waals surface area contributed by atoms with Crippen molar-refractivity contribution in [2.24, 2.45) is 5.92 Å². The number of amides is 2. The molecule has 26 heavy (non-hydrogen) atoms. The van der Waals surface area contributed by atoms with Gasteiger partial charge >= 0.3 is 6.21 Å². The average molecular weight is 366 g/mol. The van der Waals surface area contributed by atoms with Crippen LogP contribution in [-0.4, -0.2) is 51.8 Å². The Hall–Kier alpha value is -2.21. The third-order valence-corrected chi connectivity index (χ3v) is 4.73. The van der Waals surface area contributed by atoms with Crippen molar-refractivity contribution in [3.8, 4) is 0 Å². The van der Waals surface area contributed by atoms with Crippen molar-refractivity contribution >= 4 is 24.0 Å². The molecule has 2 amide bonds. The molecular weight excluding hydrogens is 336 g/mol. The van der Waals surface area contributed by atoms with Gasteiger partial charge in [-0.2, -0.15) is 0 Å². The van der Waals surface area contributed by atoms with Crippen LogP contribution in [0, 0.1) is 11.4 Å². The van der Waals surface area contributed by atoms with Crippen molar-refractivity contribution in [1.29, 1.82) is 5.53 Å². The molecule has 1 rings (SSSR count). The van der Waals surface area contributed by atoms with E-state index in [1.807, 2.05) is 0 Å². The van der Waals surface area contributed by atoms with Gasteiger partial charge in [-0.05, 0) is 52.9 Å². The normalized spacial score (nSPS) is 15.8. The maximum absolute atomic E-state index is 12.3. The number of Topliss-reactive ketones (excluding diaryl/α,β-unsaturated/α-hetero) is 1. The van der Waals surface area contributed by atoms with Gasteiger partial charge in [0.25, 0.3) is 5.78 Å². The summed E-state index contributed by atoms with van der Waals surface area (Å²) in [6, 6.07) is -0.719. The minimum Gasteiger partial charge on any atom is -0.530 e. The zero-order chi connectivity index (χ0) is 19.7. The van der Waals surface area contributed by atoms with E-state index >= 15 is 0 Å². The van der Waals surface area contributed by atoms with Crippen LogP contribution in [0.25, 0.3) is 0 Å². The molecule has 0 aromatic carbocycles. The molecular formula is C18H30N4O4. The number of hydrogen-bond acceptors (Lipinski definition) is 5. The lowest BCUT2D eigenvalue weighted by atomic mass is 10.0. The fourth-order valence-electron chi connectivity index (χ4n) is 3.24. The monoisotopic (exact) mass is 366 g/mol. The highest BCUT2D eigenvalue weighted by Crippen LogP contribution is 2.25. The van der Waals surface area contributed by atoms with Crippen molar-refractivity contribution in [2.75, 3.05) is 6.54 Å². The molecule has 1 aliphatic rings. The number of carboxylic acid groups (broad SMARTS) is 1. The molecule has 0 bridgehead atoms. The molecule has 0 aromatic heterocycles. The van der Waals surface area contributed by atoms with Crippen LogP contribution in [0.2, 0.25) is 0 Å². The summed E-state index contributed by atoms with van der Waals surface area (Å²) in [5, 5.41) is 14.0. The second kappa shape index (κ2) is 10.1. The van der Waals surface area contributed by atoms with Crippen LogP contribution >= 0.6 is 0 Å². The fraction of sp³-hybridized carbons (Fsp3) is 0.778. The van der Waals surface area contributed by atoms with Gasteiger partial charge in [0.2, 0.25) is 5.91 Å². The molecule has 0 aliphatic heterocycles. The quantitative estimate of drug-likeness (QED) is 0.274. The lowest BCUT2D eigenvalue weighted by Gasteiger charge is -2.38. The molecule has 1 aliphatic carbocycles. The first kappa shape index (κ1) is 21.8. The number of carbonyl (C=O) groups is 3. The summed E-state index contributed by atoms with van der Waals surface area (Å²) < 4.78 is 0. The number of unbranched alkanes of at least 4 members (excludes halogenated alkanes) is 1. The average Bonchev–Trinajstić information content (AvgIpc) is 3.06. The van der Waals surface area contributed by atoms with Gasteiger partial charge in [0.1, 0.15) is 6.09 Å². The second-order valence-electron chi connectivity index (χ2n) is 7.79. The SMILES string of the molecule is CC(C)(C)N(CCCC[C@H](NC(=O)C1CCCC1)C(=O)C=[N+]=N)C(=O)[O-]. The predicted molar refractivity (Wildman–Crippen MR) is 93.6 cm³/mol. The van der Waals surface area contributed by atoms with Crippen LogP contribution in [0.15, 0.2) is 0 Å². The number of ketones is 1. The third-order valence-electron chi connectivity index (χ3n) is 4.73. The molecule has 0 heterocycles. The molecule has 1 atom stereocenters. The molecule has 2 N–H and O–H groups in total. The zero-order valence-corrected chi connectivity index (χ0v) is 15.9. The van der Waals surface area contributed by atoms with E-state index in [-0.39, 0.29) is 11.8 Å². The van der Waals surface area contributed by atoms with Gasteiger partial charge in [-0.15, -0.1) is 0 Å². The van der Waals surface area contributed by atoms with E-state index in [0.717, 1.165) is 31.9 Å². The molecule has 8 nitrogen and oxygen atoms in total. The van der Waals surface area contributed by atoms with Gasteiger partial charge in [-0.3, -0.25) is 9.59 Å². The molecule has 0 unspecified atom stereocenters. The molecule has 146 valence electrons. The summed E-state index contributed by atoms with van der Waals surface area (Å²) in [5.74, 6) is -0.572. The maximum Gasteiger partial charge on any atom is 0.374 e.